The van der Waals surface area contributed by atoms with Gasteiger partial charge in [-0.2, -0.15) is 5.26 Å². The number of rotatable bonds is 8. The first kappa shape index (κ1) is 18.9. The molecule has 9 heteroatoms. The lowest BCUT2D eigenvalue weighted by Crippen LogP contribution is -2.20. The number of nitriles is 1. The molecule has 2 atom stereocenters. The van der Waals surface area contributed by atoms with Crippen LogP contribution in [0.4, 0.5) is 0 Å². The van der Waals surface area contributed by atoms with Crippen LogP contribution in [0.5, 0.6) is 0 Å². The monoisotopic (exact) mass is 347 g/mol. The molecular formula is C13H22N3O4PS. The average Bonchev–Trinajstić information content (AvgIpc) is 2.94. The van der Waals surface area contributed by atoms with Crippen LogP contribution in [-0.4, -0.2) is 42.2 Å². The van der Waals surface area contributed by atoms with E-state index in [0.717, 1.165) is 6.42 Å². The van der Waals surface area contributed by atoms with Crippen LogP contribution in [0.2, 0.25) is 0 Å². The van der Waals surface area contributed by atoms with E-state index in [1.54, 1.807) is 17.7 Å². The van der Waals surface area contributed by atoms with Crippen LogP contribution in [0.3, 0.4) is 0 Å². The van der Waals surface area contributed by atoms with Crippen molar-refractivity contribution in [3.05, 3.63) is 11.9 Å². The van der Waals surface area contributed by atoms with Crippen LogP contribution < -0.4 is 5.32 Å². The molecule has 0 aromatic rings. The summed E-state index contributed by atoms with van der Waals surface area (Å²) in [6.45, 7) is 3.73. The minimum absolute atomic E-state index is 0.171. The highest BCUT2D eigenvalue weighted by Gasteiger charge is 2.38. The first-order valence-corrected chi connectivity index (χ1v) is 10.2. The molecule has 124 valence electrons. The number of nitrogens with one attached hydrogen (secondary N) is 1. The summed E-state index contributed by atoms with van der Waals surface area (Å²) in [5.41, 5.74) is 0. The SMILES string of the molecule is CCOP(=O)(SC(C)CC)N1CCNC1=CC(=O)OCC#N. The second kappa shape index (κ2) is 9.09. The molecule has 0 radical (unpaired) electrons. The number of carbonyl (C=O) groups is 1. The number of hydrogen-bond acceptors (Lipinski definition) is 7. The number of nitrogens with zero attached hydrogens (tertiary/aromatic N) is 2. The number of ether oxygens (including phenoxy) is 1. The van der Waals surface area contributed by atoms with E-state index in [2.05, 4.69) is 5.32 Å². The molecule has 22 heavy (non-hydrogen) atoms. The predicted octanol–water partition coefficient (Wildman–Crippen LogP) is 2.48. The summed E-state index contributed by atoms with van der Waals surface area (Å²) in [6, 6.07) is 1.73. The van der Waals surface area contributed by atoms with Gasteiger partial charge in [-0.3, -0.25) is 9.24 Å². The zero-order chi connectivity index (χ0) is 16.6. The molecule has 1 fully saturated rings. The van der Waals surface area contributed by atoms with Crippen molar-refractivity contribution < 1.29 is 18.6 Å². The summed E-state index contributed by atoms with van der Waals surface area (Å²) in [4.78, 5) is 11.6. The van der Waals surface area contributed by atoms with Gasteiger partial charge in [0.05, 0.1) is 12.7 Å². The van der Waals surface area contributed by atoms with E-state index in [-0.39, 0.29) is 11.9 Å². The largest absolute Gasteiger partial charge is 0.447 e. The minimum Gasteiger partial charge on any atom is -0.447 e. The summed E-state index contributed by atoms with van der Waals surface area (Å²) in [6.07, 6.45) is 2.08. The number of esters is 1. The maximum Gasteiger partial charge on any atom is 0.355 e. The van der Waals surface area contributed by atoms with Gasteiger partial charge in [0, 0.05) is 18.3 Å². The van der Waals surface area contributed by atoms with Crippen molar-refractivity contribution in [1.29, 1.82) is 5.26 Å². The van der Waals surface area contributed by atoms with E-state index < -0.39 is 12.7 Å². The van der Waals surface area contributed by atoms with Crippen molar-refractivity contribution in [2.75, 3.05) is 26.3 Å². The Bertz CT molecular complexity index is 506. The fourth-order valence-corrected chi connectivity index (χ4v) is 6.90. The summed E-state index contributed by atoms with van der Waals surface area (Å²) >= 11 is 1.29. The van der Waals surface area contributed by atoms with Crippen LogP contribution in [0.25, 0.3) is 0 Å². The van der Waals surface area contributed by atoms with Gasteiger partial charge in [-0.15, -0.1) is 0 Å². The van der Waals surface area contributed by atoms with E-state index in [9.17, 15) is 9.36 Å². The van der Waals surface area contributed by atoms with Crippen LogP contribution in [-0.2, 0) is 18.6 Å². The van der Waals surface area contributed by atoms with Crippen LogP contribution in [0, 0.1) is 11.3 Å². The van der Waals surface area contributed by atoms with Gasteiger partial charge in [0.15, 0.2) is 6.61 Å². The molecule has 0 amide bonds. The lowest BCUT2D eigenvalue weighted by Gasteiger charge is -2.29. The van der Waals surface area contributed by atoms with Gasteiger partial charge in [-0.05, 0) is 24.7 Å². The van der Waals surface area contributed by atoms with Gasteiger partial charge in [0.1, 0.15) is 11.9 Å². The molecule has 1 heterocycles. The van der Waals surface area contributed by atoms with Crippen LogP contribution in [0.1, 0.15) is 27.2 Å². The lowest BCUT2D eigenvalue weighted by atomic mass is 10.4. The van der Waals surface area contributed by atoms with Gasteiger partial charge in [0.2, 0.25) is 0 Å². The Labute approximate surface area is 135 Å². The highest BCUT2D eigenvalue weighted by Crippen LogP contribution is 2.65. The van der Waals surface area contributed by atoms with E-state index in [4.69, 9.17) is 14.5 Å². The van der Waals surface area contributed by atoms with Gasteiger partial charge in [-0.1, -0.05) is 13.8 Å². The van der Waals surface area contributed by atoms with Crippen molar-refractivity contribution in [2.45, 2.75) is 32.4 Å². The molecule has 1 aliphatic heterocycles. The quantitative estimate of drug-likeness (QED) is 0.407. The van der Waals surface area contributed by atoms with Crippen LogP contribution >= 0.6 is 18.1 Å². The van der Waals surface area contributed by atoms with Gasteiger partial charge >= 0.3 is 12.7 Å². The first-order chi connectivity index (χ1) is 10.5. The first-order valence-electron chi connectivity index (χ1n) is 7.17. The third-order valence-corrected chi connectivity index (χ3v) is 8.25. The number of carbonyl (C=O) groups excluding carboxylic acids is 1. The Morgan fingerprint density at radius 3 is 2.95 bits per heavy atom. The molecule has 0 aromatic heterocycles. The van der Waals surface area contributed by atoms with Gasteiger partial charge in [0.25, 0.3) is 0 Å². The molecule has 1 N–H and O–H groups in total. The average molecular weight is 347 g/mol. The highest BCUT2D eigenvalue weighted by atomic mass is 32.7. The normalized spacial score (nSPS) is 20.1. The topological polar surface area (TPSA) is 91.7 Å². The zero-order valence-electron chi connectivity index (χ0n) is 13.1. The van der Waals surface area contributed by atoms with Crippen molar-refractivity contribution in [2.24, 2.45) is 0 Å². The van der Waals surface area contributed by atoms with Crippen molar-refractivity contribution in [3.63, 3.8) is 0 Å². The molecule has 7 nitrogen and oxygen atoms in total. The van der Waals surface area contributed by atoms with Crippen LogP contribution in [0.15, 0.2) is 11.9 Å². The summed E-state index contributed by atoms with van der Waals surface area (Å²) in [5.74, 6) is -0.233. The lowest BCUT2D eigenvalue weighted by molar-refractivity contribution is -0.136. The maximum atomic E-state index is 13.2. The molecule has 1 saturated heterocycles. The van der Waals surface area contributed by atoms with Crippen molar-refractivity contribution in [3.8, 4) is 6.07 Å². The fourth-order valence-electron chi connectivity index (χ4n) is 1.76. The Hall–Kier alpha value is -1.16. The van der Waals surface area contributed by atoms with E-state index in [1.807, 2.05) is 13.8 Å². The summed E-state index contributed by atoms with van der Waals surface area (Å²) in [7, 11) is 0. The van der Waals surface area contributed by atoms with Crippen molar-refractivity contribution >= 4 is 24.1 Å². The van der Waals surface area contributed by atoms with E-state index >= 15 is 0 Å². The Balaban J connectivity index is 2.93. The molecule has 0 saturated carbocycles. The third-order valence-electron chi connectivity index (χ3n) is 2.92. The molecule has 1 aliphatic rings. The second-order valence-corrected chi connectivity index (χ2v) is 9.27. The molecule has 0 bridgehead atoms. The summed E-state index contributed by atoms with van der Waals surface area (Å²) < 4.78 is 25.0. The second-order valence-electron chi connectivity index (χ2n) is 4.56. The molecule has 0 aromatic carbocycles. The van der Waals surface area contributed by atoms with Gasteiger partial charge < -0.3 is 14.6 Å². The Kier molecular flexibility index (Phi) is 7.80. The number of hydrogen-bond donors (Lipinski definition) is 1. The zero-order valence-corrected chi connectivity index (χ0v) is 14.8. The summed E-state index contributed by atoms with van der Waals surface area (Å²) in [5, 5.41) is 11.6. The Morgan fingerprint density at radius 2 is 2.36 bits per heavy atom. The maximum absolute atomic E-state index is 13.2. The molecule has 1 rings (SSSR count). The highest BCUT2D eigenvalue weighted by molar-refractivity contribution is 8.56. The smallest absolute Gasteiger partial charge is 0.355 e. The molecular weight excluding hydrogens is 325 g/mol. The molecule has 0 aliphatic carbocycles. The minimum atomic E-state index is -3.13. The van der Waals surface area contributed by atoms with E-state index in [0.29, 0.717) is 25.5 Å². The Morgan fingerprint density at radius 1 is 1.64 bits per heavy atom. The standard InChI is InChI=1S/C13H22N3O4PS/c1-4-11(3)22-21(18,20-5-2)16-8-7-15-12(16)10-13(17)19-9-6-14/h10-11,15H,4-5,7-9H2,1-3H3. The predicted molar refractivity (Wildman–Crippen MR) is 85.9 cm³/mol. The third kappa shape index (κ3) is 5.24. The van der Waals surface area contributed by atoms with Gasteiger partial charge in [-0.25, -0.2) is 4.79 Å². The molecule has 2 unspecified atom stereocenters. The molecule has 0 spiro atoms. The fraction of sp³-hybridized carbons (Fsp3) is 0.692. The van der Waals surface area contributed by atoms with Crippen molar-refractivity contribution in [1.82, 2.24) is 9.99 Å². The van der Waals surface area contributed by atoms with E-state index in [1.165, 1.54) is 17.5 Å².